The summed E-state index contributed by atoms with van der Waals surface area (Å²) < 4.78 is 5.80. The molecular formula is C23H23NO2. The lowest BCUT2D eigenvalue weighted by Crippen LogP contribution is -2.30. The number of nitrogens with one attached hydrogen (secondary N) is 1. The van der Waals surface area contributed by atoms with Crippen LogP contribution in [0.15, 0.2) is 72.8 Å². The molecule has 3 aromatic rings. The molecule has 0 aromatic heterocycles. The average Bonchev–Trinajstić information content (AvgIpc) is 2.66. The van der Waals surface area contributed by atoms with Crippen LogP contribution >= 0.6 is 0 Å². The molecule has 0 heterocycles. The first kappa shape index (κ1) is 17.7. The first-order chi connectivity index (χ1) is 12.5. The molecule has 3 aromatic carbocycles. The summed E-state index contributed by atoms with van der Waals surface area (Å²) in [6, 6.07) is 23.9. The largest absolute Gasteiger partial charge is 0.481 e. The summed E-state index contributed by atoms with van der Waals surface area (Å²) in [6.45, 7) is 5.73. The fraction of sp³-hybridized carbons (Fsp3) is 0.174. The van der Waals surface area contributed by atoms with Crippen molar-refractivity contribution in [3.8, 4) is 16.9 Å². The number of carbonyl (C=O) groups excluding carboxylic acids is 1. The van der Waals surface area contributed by atoms with Crippen LogP contribution in [0.25, 0.3) is 11.1 Å². The summed E-state index contributed by atoms with van der Waals surface area (Å²) in [5, 5.41) is 2.94. The molecule has 0 saturated carbocycles. The van der Waals surface area contributed by atoms with Gasteiger partial charge in [-0.3, -0.25) is 4.79 Å². The quantitative estimate of drug-likeness (QED) is 0.674. The number of amides is 1. The van der Waals surface area contributed by atoms with Crippen LogP contribution in [0, 0.1) is 13.8 Å². The molecule has 0 saturated heterocycles. The van der Waals surface area contributed by atoms with Gasteiger partial charge in [0.25, 0.3) is 5.91 Å². The van der Waals surface area contributed by atoms with Crippen LogP contribution in [0.3, 0.4) is 0 Å². The third-order valence-corrected chi connectivity index (χ3v) is 4.29. The molecule has 1 atom stereocenters. The summed E-state index contributed by atoms with van der Waals surface area (Å²) in [6.07, 6.45) is -0.586. The van der Waals surface area contributed by atoms with Crippen LogP contribution in [0.1, 0.15) is 18.1 Å². The highest BCUT2D eigenvalue weighted by molar-refractivity contribution is 5.94. The standard InChI is InChI=1S/C23H23NO2/c1-16-9-10-17(2)22(15-16)24-23(25)18(3)26-21-13-11-20(12-14-21)19-7-5-4-6-8-19/h4-15,18H,1-3H3,(H,24,25). The maximum absolute atomic E-state index is 12.4. The van der Waals surface area contributed by atoms with E-state index in [0.717, 1.165) is 27.9 Å². The molecule has 0 aliphatic heterocycles. The van der Waals surface area contributed by atoms with E-state index in [-0.39, 0.29) is 5.91 Å². The van der Waals surface area contributed by atoms with Crippen LogP contribution in [-0.2, 0) is 4.79 Å². The van der Waals surface area contributed by atoms with Crippen LogP contribution in [0.4, 0.5) is 5.69 Å². The molecule has 0 spiro atoms. The second-order valence-corrected chi connectivity index (χ2v) is 6.46. The topological polar surface area (TPSA) is 38.3 Å². The van der Waals surface area contributed by atoms with Crippen molar-refractivity contribution in [3.63, 3.8) is 0 Å². The SMILES string of the molecule is Cc1ccc(C)c(NC(=O)C(C)Oc2ccc(-c3ccccc3)cc2)c1. The van der Waals surface area contributed by atoms with Gasteiger partial charge in [0, 0.05) is 5.69 Å². The molecule has 0 bridgehead atoms. The van der Waals surface area contributed by atoms with Gasteiger partial charge in [0.1, 0.15) is 5.75 Å². The van der Waals surface area contributed by atoms with Crippen molar-refractivity contribution < 1.29 is 9.53 Å². The van der Waals surface area contributed by atoms with Crippen LogP contribution in [0.2, 0.25) is 0 Å². The Hall–Kier alpha value is -3.07. The van der Waals surface area contributed by atoms with Crippen molar-refractivity contribution in [2.45, 2.75) is 26.9 Å². The Morgan fingerprint density at radius 2 is 1.54 bits per heavy atom. The van der Waals surface area contributed by atoms with Crippen molar-refractivity contribution in [3.05, 3.63) is 83.9 Å². The molecule has 1 N–H and O–H groups in total. The van der Waals surface area contributed by atoms with E-state index < -0.39 is 6.10 Å². The van der Waals surface area contributed by atoms with E-state index in [4.69, 9.17) is 4.74 Å². The van der Waals surface area contributed by atoms with Crippen LogP contribution in [0.5, 0.6) is 5.75 Å². The number of aryl methyl sites for hydroxylation is 2. The average molecular weight is 345 g/mol. The number of hydrogen-bond acceptors (Lipinski definition) is 2. The molecule has 0 radical (unpaired) electrons. The molecule has 1 amide bonds. The van der Waals surface area contributed by atoms with Gasteiger partial charge in [-0.15, -0.1) is 0 Å². The first-order valence-electron chi connectivity index (χ1n) is 8.73. The van der Waals surface area contributed by atoms with E-state index in [0.29, 0.717) is 5.75 Å². The zero-order valence-electron chi connectivity index (χ0n) is 15.3. The zero-order valence-corrected chi connectivity index (χ0v) is 15.3. The minimum atomic E-state index is -0.586. The van der Waals surface area contributed by atoms with Gasteiger partial charge in [0.15, 0.2) is 6.10 Å². The van der Waals surface area contributed by atoms with E-state index in [2.05, 4.69) is 17.4 Å². The predicted octanol–water partition coefficient (Wildman–Crippen LogP) is 5.38. The number of rotatable bonds is 5. The van der Waals surface area contributed by atoms with Crippen molar-refractivity contribution in [2.75, 3.05) is 5.32 Å². The molecule has 0 aliphatic carbocycles. The number of benzene rings is 3. The molecule has 26 heavy (non-hydrogen) atoms. The minimum absolute atomic E-state index is 0.161. The Bertz CT molecular complexity index is 886. The third-order valence-electron chi connectivity index (χ3n) is 4.29. The van der Waals surface area contributed by atoms with E-state index in [9.17, 15) is 4.79 Å². The second kappa shape index (κ2) is 7.87. The highest BCUT2D eigenvalue weighted by Crippen LogP contribution is 2.23. The lowest BCUT2D eigenvalue weighted by molar-refractivity contribution is -0.122. The predicted molar refractivity (Wildman–Crippen MR) is 107 cm³/mol. The lowest BCUT2D eigenvalue weighted by Gasteiger charge is -2.16. The van der Waals surface area contributed by atoms with Gasteiger partial charge in [-0.2, -0.15) is 0 Å². The maximum Gasteiger partial charge on any atom is 0.265 e. The Labute approximate surface area is 154 Å². The molecule has 3 nitrogen and oxygen atoms in total. The Kier molecular flexibility index (Phi) is 5.37. The Morgan fingerprint density at radius 1 is 0.885 bits per heavy atom. The molecule has 1 unspecified atom stereocenters. The molecular weight excluding hydrogens is 322 g/mol. The van der Waals surface area contributed by atoms with E-state index in [1.54, 1.807) is 6.92 Å². The van der Waals surface area contributed by atoms with Crippen LogP contribution in [-0.4, -0.2) is 12.0 Å². The normalized spacial score (nSPS) is 11.7. The van der Waals surface area contributed by atoms with Gasteiger partial charge >= 0.3 is 0 Å². The number of anilines is 1. The molecule has 3 heteroatoms. The van der Waals surface area contributed by atoms with Gasteiger partial charge in [-0.25, -0.2) is 0 Å². The van der Waals surface area contributed by atoms with Crippen molar-refractivity contribution in [2.24, 2.45) is 0 Å². The molecule has 3 rings (SSSR count). The van der Waals surface area contributed by atoms with Gasteiger partial charge in [0.05, 0.1) is 0 Å². The number of carbonyl (C=O) groups is 1. The van der Waals surface area contributed by atoms with Crippen molar-refractivity contribution >= 4 is 11.6 Å². The maximum atomic E-state index is 12.4. The monoisotopic (exact) mass is 345 g/mol. The Morgan fingerprint density at radius 3 is 2.23 bits per heavy atom. The second-order valence-electron chi connectivity index (χ2n) is 6.46. The highest BCUT2D eigenvalue weighted by Gasteiger charge is 2.16. The van der Waals surface area contributed by atoms with Gasteiger partial charge < -0.3 is 10.1 Å². The van der Waals surface area contributed by atoms with Crippen molar-refractivity contribution in [1.82, 2.24) is 0 Å². The smallest absolute Gasteiger partial charge is 0.265 e. The van der Waals surface area contributed by atoms with Crippen LogP contribution < -0.4 is 10.1 Å². The lowest BCUT2D eigenvalue weighted by atomic mass is 10.1. The third kappa shape index (κ3) is 4.31. The summed E-state index contributed by atoms with van der Waals surface area (Å²) in [5.74, 6) is 0.513. The number of ether oxygens (including phenoxy) is 1. The number of hydrogen-bond donors (Lipinski definition) is 1. The van der Waals surface area contributed by atoms with E-state index in [1.807, 2.05) is 74.5 Å². The van der Waals surface area contributed by atoms with Gasteiger partial charge in [-0.05, 0) is 61.2 Å². The van der Waals surface area contributed by atoms with Crippen molar-refractivity contribution in [1.29, 1.82) is 0 Å². The summed E-state index contributed by atoms with van der Waals surface area (Å²) >= 11 is 0. The van der Waals surface area contributed by atoms with Gasteiger partial charge in [-0.1, -0.05) is 54.6 Å². The Balaban J connectivity index is 1.64. The molecule has 132 valence electrons. The van der Waals surface area contributed by atoms with E-state index >= 15 is 0 Å². The molecule has 0 aliphatic rings. The van der Waals surface area contributed by atoms with Gasteiger partial charge in [0.2, 0.25) is 0 Å². The zero-order chi connectivity index (χ0) is 18.5. The minimum Gasteiger partial charge on any atom is -0.481 e. The molecule has 0 fully saturated rings. The fourth-order valence-electron chi connectivity index (χ4n) is 2.72. The first-order valence-corrected chi connectivity index (χ1v) is 8.73. The highest BCUT2D eigenvalue weighted by atomic mass is 16.5. The summed E-state index contributed by atoms with van der Waals surface area (Å²) in [7, 11) is 0. The fourth-order valence-corrected chi connectivity index (χ4v) is 2.72. The summed E-state index contributed by atoms with van der Waals surface area (Å²) in [5.41, 5.74) is 5.23. The summed E-state index contributed by atoms with van der Waals surface area (Å²) in [4.78, 5) is 12.4. The van der Waals surface area contributed by atoms with E-state index in [1.165, 1.54) is 0 Å².